The molecular formula is C17H16ClNO6S. The van der Waals surface area contributed by atoms with E-state index < -0.39 is 16.0 Å². The molecule has 1 aliphatic heterocycles. The molecule has 0 amide bonds. The van der Waals surface area contributed by atoms with E-state index in [1.165, 1.54) is 38.4 Å². The van der Waals surface area contributed by atoms with Crippen molar-refractivity contribution in [2.45, 2.75) is 11.5 Å². The lowest BCUT2D eigenvalue weighted by molar-refractivity contribution is 0.0472. The molecule has 3 rings (SSSR count). The number of halogens is 1. The summed E-state index contributed by atoms with van der Waals surface area (Å²) in [6.45, 7) is 0.0469. The molecule has 0 saturated carbocycles. The van der Waals surface area contributed by atoms with Gasteiger partial charge in [0.05, 0.1) is 15.5 Å². The average molecular weight is 398 g/mol. The van der Waals surface area contributed by atoms with Crippen molar-refractivity contribution in [1.29, 1.82) is 0 Å². The number of hydrogen-bond acceptors (Lipinski definition) is 6. The fourth-order valence-electron chi connectivity index (χ4n) is 2.33. The second-order valence-electron chi connectivity index (χ2n) is 5.70. The van der Waals surface area contributed by atoms with Crippen molar-refractivity contribution >= 4 is 27.6 Å². The Hall–Kier alpha value is -2.29. The third-order valence-electron chi connectivity index (χ3n) is 3.71. The van der Waals surface area contributed by atoms with E-state index >= 15 is 0 Å². The van der Waals surface area contributed by atoms with Crippen molar-refractivity contribution in [2.75, 3.05) is 20.9 Å². The van der Waals surface area contributed by atoms with Gasteiger partial charge in [-0.2, -0.15) is 0 Å². The molecule has 0 fully saturated rings. The number of rotatable bonds is 5. The van der Waals surface area contributed by atoms with Crippen LogP contribution in [0.5, 0.6) is 11.5 Å². The van der Waals surface area contributed by atoms with Crippen LogP contribution in [0.4, 0.5) is 0 Å². The topological polar surface area (TPSA) is 82.1 Å². The fourth-order valence-corrected chi connectivity index (χ4v) is 3.57. The molecule has 1 heterocycles. The van der Waals surface area contributed by atoms with Crippen molar-refractivity contribution in [1.82, 2.24) is 4.31 Å². The number of esters is 1. The van der Waals surface area contributed by atoms with E-state index in [0.717, 1.165) is 4.31 Å². The molecule has 0 aliphatic carbocycles. The Morgan fingerprint density at radius 2 is 2.00 bits per heavy atom. The van der Waals surface area contributed by atoms with Gasteiger partial charge >= 0.3 is 5.97 Å². The summed E-state index contributed by atoms with van der Waals surface area (Å²) >= 11 is 6.09. The van der Waals surface area contributed by atoms with E-state index in [1.807, 2.05) is 0 Å². The average Bonchev–Trinajstić information content (AvgIpc) is 3.09. The highest BCUT2D eigenvalue weighted by Gasteiger charge is 2.21. The molecule has 0 spiro atoms. The zero-order valence-electron chi connectivity index (χ0n) is 14.1. The summed E-state index contributed by atoms with van der Waals surface area (Å²) in [6.07, 6.45) is 0. The van der Waals surface area contributed by atoms with Gasteiger partial charge in [0.2, 0.25) is 16.8 Å². The number of hydrogen-bond donors (Lipinski definition) is 0. The first kappa shape index (κ1) is 18.5. The predicted octanol–water partition coefficient (Wildman–Crippen LogP) is 2.68. The van der Waals surface area contributed by atoms with Gasteiger partial charge in [0.25, 0.3) is 0 Å². The van der Waals surface area contributed by atoms with Crippen LogP contribution >= 0.6 is 11.6 Å². The zero-order chi connectivity index (χ0) is 18.9. The Labute approximate surface area is 156 Å². The number of carbonyl (C=O) groups excluding carboxylic acids is 1. The van der Waals surface area contributed by atoms with Crippen LogP contribution < -0.4 is 9.47 Å². The van der Waals surface area contributed by atoms with Crippen LogP contribution in [-0.2, 0) is 21.4 Å². The molecule has 0 N–H and O–H groups in total. The van der Waals surface area contributed by atoms with Gasteiger partial charge in [-0.05, 0) is 35.9 Å². The number of ether oxygens (including phenoxy) is 3. The molecule has 9 heteroatoms. The minimum absolute atomic E-state index is 0.0167. The number of fused-ring (bicyclic) bond motifs is 1. The molecule has 2 aromatic rings. The number of benzene rings is 2. The molecule has 7 nitrogen and oxygen atoms in total. The van der Waals surface area contributed by atoms with Gasteiger partial charge in [-0.25, -0.2) is 17.5 Å². The fraction of sp³-hybridized carbons (Fsp3) is 0.235. The minimum Gasteiger partial charge on any atom is -0.457 e. The molecule has 0 aromatic heterocycles. The Morgan fingerprint density at radius 1 is 1.23 bits per heavy atom. The Morgan fingerprint density at radius 3 is 2.73 bits per heavy atom. The molecular weight excluding hydrogens is 382 g/mol. The van der Waals surface area contributed by atoms with E-state index in [4.69, 9.17) is 25.8 Å². The Bertz CT molecular complexity index is 958. The first-order chi connectivity index (χ1) is 12.3. The molecule has 138 valence electrons. The normalized spacial score (nSPS) is 13.1. The molecule has 0 bridgehead atoms. The van der Waals surface area contributed by atoms with Crippen LogP contribution in [0.1, 0.15) is 15.9 Å². The minimum atomic E-state index is -3.63. The summed E-state index contributed by atoms with van der Waals surface area (Å²) in [6, 6.07) is 8.98. The van der Waals surface area contributed by atoms with Crippen LogP contribution in [-0.4, -0.2) is 39.6 Å². The van der Waals surface area contributed by atoms with Crippen molar-refractivity contribution in [3.8, 4) is 11.5 Å². The first-order valence-corrected chi connectivity index (χ1v) is 9.38. The van der Waals surface area contributed by atoms with Crippen LogP contribution in [0.25, 0.3) is 0 Å². The van der Waals surface area contributed by atoms with Crippen LogP contribution in [0.2, 0.25) is 5.02 Å². The van der Waals surface area contributed by atoms with Gasteiger partial charge in [0.1, 0.15) is 6.61 Å². The standard InChI is InChI=1S/C17H16ClNO6S/c1-19(2)26(21,22)13-5-3-4-12(8-13)17(20)23-9-11-6-14(18)16-15(7-11)24-10-25-16/h3-8H,9-10H2,1-2H3. The van der Waals surface area contributed by atoms with Gasteiger partial charge in [-0.3, -0.25) is 0 Å². The zero-order valence-corrected chi connectivity index (χ0v) is 15.6. The number of carbonyl (C=O) groups is 1. The third-order valence-corrected chi connectivity index (χ3v) is 5.80. The van der Waals surface area contributed by atoms with Crippen molar-refractivity contribution < 1.29 is 27.4 Å². The molecule has 0 unspecified atom stereocenters. The number of sulfonamides is 1. The van der Waals surface area contributed by atoms with Crippen molar-refractivity contribution in [3.63, 3.8) is 0 Å². The Balaban J connectivity index is 1.74. The largest absolute Gasteiger partial charge is 0.457 e. The van der Waals surface area contributed by atoms with Crippen molar-refractivity contribution in [2.24, 2.45) is 0 Å². The predicted molar refractivity (Wildman–Crippen MR) is 94.0 cm³/mol. The summed E-state index contributed by atoms with van der Waals surface area (Å²) in [5.41, 5.74) is 0.768. The van der Waals surface area contributed by atoms with E-state index in [-0.39, 0.29) is 23.9 Å². The lowest BCUT2D eigenvalue weighted by Gasteiger charge is -2.12. The van der Waals surface area contributed by atoms with E-state index in [2.05, 4.69) is 0 Å². The lowest BCUT2D eigenvalue weighted by Crippen LogP contribution is -2.22. The summed E-state index contributed by atoms with van der Waals surface area (Å²) in [7, 11) is -0.794. The highest BCUT2D eigenvalue weighted by Crippen LogP contribution is 2.39. The SMILES string of the molecule is CN(C)S(=O)(=O)c1cccc(C(=O)OCc2cc(Cl)c3c(c2)OCO3)c1. The van der Waals surface area contributed by atoms with Gasteiger partial charge in [0, 0.05) is 14.1 Å². The van der Waals surface area contributed by atoms with Gasteiger partial charge in [0.15, 0.2) is 11.5 Å². The summed E-state index contributed by atoms with van der Waals surface area (Å²) in [5, 5.41) is 0.366. The van der Waals surface area contributed by atoms with Gasteiger partial charge in [-0.15, -0.1) is 0 Å². The van der Waals surface area contributed by atoms with Crippen LogP contribution in [0.3, 0.4) is 0 Å². The number of nitrogens with zero attached hydrogens (tertiary/aromatic N) is 1. The second kappa shape index (κ2) is 7.14. The summed E-state index contributed by atoms with van der Waals surface area (Å²) < 4.78 is 41.2. The second-order valence-corrected chi connectivity index (χ2v) is 8.26. The summed E-state index contributed by atoms with van der Waals surface area (Å²) in [5.74, 6) is 0.306. The molecule has 1 aliphatic rings. The van der Waals surface area contributed by atoms with E-state index in [1.54, 1.807) is 12.1 Å². The third kappa shape index (κ3) is 3.62. The quantitative estimate of drug-likeness (QED) is 0.721. The maximum atomic E-state index is 12.3. The highest BCUT2D eigenvalue weighted by atomic mass is 35.5. The maximum Gasteiger partial charge on any atom is 0.338 e. The first-order valence-electron chi connectivity index (χ1n) is 7.57. The highest BCUT2D eigenvalue weighted by molar-refractivity contribution is 7.89. The molecule has 0 atom stereocenters. The van der Waals surface area contributed by atoms with E-state index in [0.29, 0.717) is 22.1 Å². The lowest BCUT2D eigenvalue weighted by atomic mass is 10.2. The monoisotopic (exact) mass is 397 g/mol. The van der Waals surface area contributed by atoms with Crippen molar-refractivity contribution in [3.05, 3.63) is 52.5 Å². The Kier molecular flexibility index (Phi) is 5.08. The molecule has 0 saturated heterocycles. The molecule has 26 heavy (non-hydrogen) atoms. The molecule has 2 aromatic carbocycles. The van der Waals surface area contributed by atoms with Gasteiger partial charge < -0.3 is 14.2 Å². The van der Waals surface area contributed by atoms with Gasteiger partial charge in [-0.1, -0.05) is 17.7 Å². The van der Waals surface area contributed by atoms with Crippen LogP contribution in [0.15, 0.2) is 41.3 Å². The summed E-state index contributed by atoms with van der Waals surface area (Å²) in [4.78, 5) is 12.3. The van der Waals surface area contributed by atoms with Crippen LogP contribution in [0, 0.1) is 0 Å². The maximum absolute atomic E-state index is 12.3. The smallest absolute Gasteiger partial charge is 0.338 e. The van der Waals surface area contributed by atoms with E-state index in [9.17, 15) is 13.2 Å². The molecule has 0 radical (unpaired) electrons.